The first-order valence-electron chi connectivity index (χ1n) is 7.95. The molecule has 0 aromatic heterocycles. The zero-order valence-electron chi connectivity index (χ0n) is 14.8. The van der Waals surface area contributed by atoms with Crippen molar-refractivity contribution in [3.8, 4) is 11.5 Å². The van der Waals surface area contributed by atoms with E-state index in [0.717, 1.165) is 16.5 Å². The van der Waals surface area contributed by atoms with Gasteiger partial charge in [0.15, 0.2) is 6.61 Å². The molecule has 26 heavy (non-hydrogen) atoms. The molecular formula is C19H20BrNO5. The van der Waals surface area contributed by atoms with Crippen molar-refractivity contribution in [1.82, 2.24) is 0 Å². The Hall–Kier alpha value is -2.54. The topological polar surface area (TPSA) is 73.9 Å². The minimum absolute atomic E-state index is 0.242. The van der Waals surface area contributed by atoms with E-state index in [1.54, 1.807) is 12.1 Å². The third-order valence-electron chi connectivity index (χ3n) is 3.64. The standard InChI is InChI=1S/C19H20BrNO5/c1-4-12-7-14(20)5-6-17(12)21-18(22)11-26-19(23)13-8-15(24-2)10-16(9-13)25-3/h5-10H,4,11H2,1-3H3,(H,21,22). The van der Waals surface area contributed by atoms with Gasteiger partial charge in [0.25, 0.3) is 5.91 Å². The van der Waals surface area contributed by atoms with Gasteiger partial charge in [-0.3, -0.25) is 4.79 Å². The van der Waals surface area contributed by atoms with Crippen LogP contribution in [0.15, 0.2) is 40.9 Å². The van der Waals surface area contributed by atoms with E-state index in [1.165, 1.54) is 26.4 Å². The summed E-state index contributed by atoms with van der Waals surface area (Å²) in [7, 11) is 2.97. The third kappa shape index (κ3) is 5.23. The molecule has 0 aliphatic heterocycles. The average molecular weight is 422 g/mol. The van der Waals surface area contributed by atoms with E-state index in [2.05, 4.69) is 21.2 Å². The van der Waals surface area contributed by atoms with E-state index in [0.29, 0.717) is 17.2 Å². The number of carbonyl (C=O) groups is 2. The van der Waals surface area contributed by atoms with Crippen LogP contribution in [0.1, 0.15) is 22.8 Å². The number of halogens is 1. The van der Waals surface area contributed by atoms with Crippen LogP contribution in [0.25, 0.3) is 0 Å². The molecule has 0 bridgehead atoms. The maximum absolute atomic E-state index is 12.2. The van der Waals surface area contributed by atoms with Crippen LogP contribution in [0.2, 0.25) is 0 Å². The molecule has 2 aromatic carbocycles. The smallest absolute Gasteiger partial charge is 0.338 e. The highest BCUT2D eigenvalue weighted by molar-refractivity contribution is 9.10. The van der Waals surface area contributed by atoms with Crippen LogP contribution in [0.3, 0.4) is 0 Å². The number of ether oxygens (including phenoxy) is 3. The summed E-state index contributed by atoms with van der Waals surface area (Å²) >= 11 is 3.40. The molecule has 2 rings (SSSR count). The van der Waals surface area contributed by atoms with Gasteiger partial charge in [-0.05, 0) is 42.3 Å². The van der Waals surface area contributed by atoms with Gasteiger partial charge >= 0.3 is 5.97 Å². The summed E-state index contributed by atoms with van der Waals surface area (Å²) in [4.78, 5) is 24.3. The summed E-state index contributed by atoms with van der Waals surface area (Å²) in [6.07, 6.45) is 0.762. The van der Waals surface area contributed by atoms with Gasteiger partial charge in [-0.15, -0.1) is 0 Å². The molecule has 0 radical (unpaired) electrons. The number of methoxy groups -OCH3 is 2. The van der Waals surface area contributed by atoms with Crippen molar-refractivity contribution in [2.24, 2.45) is 0 Å². The van der Waals surface area contributed by atoms with E-state index in [-0.39, 0.29) is 5.56 Å². The van der Waals surface area contributed by atoms with Crippen LogP contribution in [0, 0.1) is 0 Å². The molecule has 1 N–H and O–H groups in total. The molecule has 6 nitrogen and oxygen atoms in total. The zero-order chi connectivity index (χ0) is 19.1. The highest BCUT2D eigenvalue weighted by Gasteiger charge is 2.14. The number of anilines is 1. The maximum Gasteiger partial charge on any atom is 0.338 e. The Balaban J connectivity index is 2.00. The number of rotatable bonds is 7. The van der Waals surface area contributed by atoms with E-state index >= 15 is 0 Å². The van der Waals surface area contributed by atoms with Crippen molar-refractivity contribution in [2.45, 2.75) is 13.3 Å². The molecule has 0 atom stereocenters. The number of amides is 1. The predicted octanol–water partition coefficient (Wildman–Crippen LogP) is 3.82. The fourth-order valence-corrected chi connectivity index (χ4v) is 2.71. The summed E-state index contributed by atoms with van der Waals surface area (Å²) in [5.74, 6) is -0.125. The van der Waals surface area contributed by atoms with Crippen LogP contribution in [-0.2, 0) is 16.0 Å². The minimum atomic E-state index is -0.635. The highest BCUT2D eigenvalue weighted by Crippen LogP contribution is 2.23. The summed E-state index contributed by atoms with van der Waals surface area (Å²) in [6.45, 7) is 1.60. The molecular weight excluding hydrogens is 402 g/mol. The Labute approximate surface area is 160 Å². The van der Waals surface area contributed by atoms with Crippen LogP contribution in [-0.4, -0.2) is 32.7 Å². The molecule has 0 spiro atoms. The van der Waals surface area contributed by atoms with Gasteiger partial charge in [0, 0.05) is 16.2 Å². The molecule has 0 fully saturated rings. The molecule has 0 saturated heterocycles. The number of hydrogen-bond donors (Lipinski definition) is 1. The second kappa shape index (κ2) is 9.24. The van der Waals surface area contributed by atoms with Crippen molar-refractivity contribution in [3.63, 3.8) is 0 Å². The predicted molar refractivity (Wildman–Crippen MR) is 102 cm³/mol. The fourth-order valence-electron chi connectivity index (χ4n) is 2.30. The highest BCUT2D eigenvalue weighted by atomic mass is 79.9. The molecule has 0 unspecified atom stereocenters. The molecule has 2 aromatic rings. The largest absolute Gasteiger partial charge is 0.497 e. The first-order valence-corrected chi connectivity index (χ1v) is 8.74. The Morgan fingerprint density at radius 2 is 1.69 bits per heavy atom. The van der Waals surface area contributed by atoms with Gasteiger partial charge in [0.1, 0.15) is 11.5 Å². The molecule has 0 heterocycles. The van der Waals surface area contributed by atoms with Crippen LogP contribution >= 0.6 is 15.9 Å². The molecule has 0 aliphatic carbocycles. The van der Waals surface area contributed by atoms with Gasteiger partial charge in [-0.1, -0.05) is 22.9 Å². The van der Waals surface area contributed by atoms with E-state index in [1.807, 2.05) is 19.1 Å². The number of carbonyl (C=O) groups excluding carboxylic acids is 2. The van der Waals surface area contributed by atoms with Crippen LogP contribution in [0.4, 0.5) is 5.69 Å². The summed E-state index contributed by atoms with van der Waals surface area (Å²) in [6, 6.07) is 10.3. The van der Waals surface area contributed by atoms with Crippen LogP contribution in [0.5, 0.6) is 11.5 Å². The quantitative estimate of drug-likeness (QED) is 0.687. The molecule has 7 heteroatoms. The monoisotopic (exact) mass is 421 g/mol. The number of nitrogens with one attached hydrogen (secondary N) is 1. The average Bonchev–Trinajstić information content (AvgIpc) is 2.66. The second-order valence-electron chi connectivity index (χ2n) is 5.38. The first-order chi connectivity index (χ1) is 12.5. The van der Waals surface area contributed by atoms with Crippen molar-refractivity contribution in [3.05, 3.63) is 52.0 Å². The lowest BCUT2D eigenvalue weighted by Gasteiger charge is -2.11. The second-order valence-corrected chi connectivity index (χ2v) is 6.30. The number of esters is 1. The Morgan fingerprint density at radius 1 is 1.04 bits per heavy atom. The Kier molecular flexibility index (Phi) is 7.03. The lowest BCUT2D eigenvalue weighted by molar-refractivity contribution is -0.119. The third-order valence-corrected chi connectivity index (χ3v) is 4.14. The van der Waals surface area contributed by atoms with Crippen molar-refractivity contribution in [1.29, 1.82) is 0 Å². The van der Waals surface area contributed by atoms with E-state index in [4.69, 9.17) is 14.2 Å². The van der Waals surface area contributed by atoms with Gasteiger partial charge in [-0.25, -0.2) is 4.79 Å². The SMILES string of the molecule is CCc1cc(Br)ccc1NC(=O)COC(=O)c1cc(OC)cc(OC)c1. The van der Waals surface area contributed by atoms with Crippen molar-refractivity contribution in [2.75, 3.05) is 26.1 Å². The molecule has 1 amide bonds. The minimum Gasteiger partial charge on any atom is -0.497 e. The normalized spacial score (nSPS) is 10.2. The number of benzene rings is 2. The molecule has 138 valence electrons. The van der Waals surface area contributed by atoms with E-state index in [9.17, 15) is 9.59 Å². The number of hydrogen-bond acceptors (Lipinski definition) is 5. The van der Waals surface area contributed by atoms with Crippen molar-refractivity contribution >= 4 is 33.5 Å². The summed E-state index contributed by atoms with van der Waals surface area (Å²) < 4.78 is 16.3. The lowest BCUT2D eigenvalue weighted by Crippen LogP contribution is -2.21. The Morgan fingerprint density at radius 3 is 2.27 bits per heavy atom. The Bertz CT molecular complexity index is 784. The fraction of sp³-hybridized carbons (Fsp3) is 0.263. The maximum atomic E-state index is 12.2. The zero-order valence-corrected chi connectivity index (χ0v) is 16.4. The molecule has 0 saturated carbocycles. The van der Waals surface area contributed by atoms with Crippen molar-refractivity contribution < 1.29 is 23.8 Å². The van der Waals surface area contributed by atoms with Gasteiger partial charge in [0.2, 0.25) is 0 Å². The number of aryl methyl sites for hydroxylation is 1. The lowest BCUT2D eigenvalue weighted by atomic mass is 10.1. The first kappa shape index (κ1) is 19.8. The summed E-state index contributed by atoms with van der Waals surface area (Å²) in [5, 5.41) is 2.75. The van der Waals surface area contributed by atoms with Gasteiger partial charge in [0.05, 0.1) is 19.8 Å². The van der Waals surface area contributed by atoms with Gasteiger partial charge < -0.3 is 19.5 Å². The van der Waals surface area contributed by atoms with Gasteiger partial charge in [-0.2, -0.15) is 0 Å². The summed E-state index contributed by atoms with van der Waals surface area (Å²) in [5.41, 5.74) is 1.92. The van der Waals surface area contributed by atoms with Crippen LogP contribution < -0.4 is 14.8 Å². The van der Waals surface area contributed by atoms with E-state index < -0.39 is 18.5 Å². The molecule has 0 aliphatic rings.